The molecule has 0 aliphatic carbocycles. The molecule has 1 aliphatic rings. The summed E-state index contributed by atoms with van der Waals surface area (Å²) in [5.74, 6) is 1.31. The van der Waals surface area contributed by atoms with E-state index in [2.05, 4.69) is 20.3 Å². The van der Waals surface area contributed by atoms with Gasteiger partial charge in [-0.05, 0) is 37.3 Å². The summed E-state index contributed by atoms with van der Waals surface area (Å²) in [7, 11) is 1.96. The highest BCUT2D eigenvalue weighted by Gasteiger charge is 2.23. The van der Waals surface area contributed by atoms with Crippen LogP contribution < -0.4 is 5.32 Å². The average molecular weight is 337 g/mol. The van der Waals surface area contributed by atoms with Crippen LogP contribution in [0.1, 0.15) is 18.7 Å². The second-order valence-electron chi connectivity index (χ2n) is 6.23. The number of nitrogens with one attached hydrogen (secondary N) is 1. The van der Waals surface area contributed by atoms with Gasteiger partial charge in [0.2, 0.25) is 0 Å². The third-order valence-corrected chi connectivity index (χ3v) is 4.56. The third-order valence-electron chi connectivity index (χ3n) is 4.56. The maximum atomic E-state index is 12.2. The van der Waals surface area contributed by atoms with E-state index in [0.29, 0.717) is 12.4 Å². The van der Waals surface area contributed by atoms with E-state index in [-0.39, 0.29) is 12.0 Å². The van der Waals surface area contributed by atoms with Crippen LogP contribution in [0, 0.1) is 6.92 Å². The van der Waals surface area contributed by atoms with Gasteiger partial charge in [-0.3, -0.25) is 9.78 Å². The average Bonchev–Trinajstić information content (AvgIpc) is 3.26. The standard InChI is InChI=1S/C18H19N5O2/c1-11-19-10-15(23(11)2)14-6-12-7-17(21-9-13(12)8-20-14)22-18(24)16-4-3-5-25-16/h6-10,16H,3-5H2,1-2H3,(H,21,22,24). The fraction of sp³-hybridized carbons (Fsp3) is 0.333. The van der Waals surface area contributed by atoms with Gasteiger partial charge in [0.15, 0.2) is 0 Å². The Balaban J connectivity index is 1.64. The molecule has 0 aromatic carbocycles. The van der Waals surface area contributed by atoms with Gasteiger partial charge in [0.25, 0.3) is 5.91 Å². The largest absolute Gasteiger partial charge is 0.368 e. The summed E-state index contributed by atoms with van der Waals surface area (Å²) in [6, 6.07) is 3.84. The molecule has 1 aliphatic heterocycles. The zero-order chi connectivity index (χ0) is 17.4. The number of ether oxygens (including phenoxy) is 1. The first-order valence-electron chi connectivity index (χ1n) is 8.29. The summed E-state index contributed by atoms with van der Waals surface area (Å²) in [6.45, 7) is 2.59. The number of rotatable bonds is 3. The lowest BCUT2D eigenvalue weighted by molar-refractivity contribution is -0.124. The van der Waals surface area contributed by atoms with Crippen LogP contribution in [0.2, 0.25) is 0 Å². The van der Waals surface area contributed by atoms with E-state index in [1.54, 1.807) is 12.4 Å². The Bertz CT molecular complexity index is 944. The number of anilines is 1. The molecule has 4 rings (SSSR count). The molecule has 1 atom stereocenters. The van der Waals surface area contributed by atoms with Gasteiger partial charge < -0.3 is 14.6 Å². The second-order valence-corrected chi connectivity index (χ2v) is 6.23. The predicted octanol–water partition coefficient (Wildman–Crippen LogP) is 2.46. The molecular weight excluding hydrogens is 318 g/mol. The number of hydrogen-bond acceptors (Lipinski definition) is 5. The number of aromatic nitrogens is 4. The first-order valence-corrected chi connectivity index (χ1v) is 8.29. The summed E-state index contributed by atoms with van der Waals surface area (Å²) in [6.07, 6.45) is 6.61. The molecule has 7 heteroatoms. The Labute approximate surface area is 145 Å². The number of hydrogen-bond donors (Lipinski definition) is 1. The minimum atomic E-state index is -0.372. The number of pyridine rings is 2. The molecule has 0 bridgehead atoms. The Morgan fingerprint density at radius 1 is 1.20 bits per heavy atom. The van der Waals surface area contributed by atoms with E-state index >= 15 is 0 Å². The highest BCUT2D eigenvalue weighted by molar-refractivity contribution is 5.95. The molecule has 1 fully saturated rings. The highest BCUT2D eigenvalue weighted by Crippen LogP contribution is 2.24. The summed E-state index contributed by atoms with van der Waals surface area (Å²) in [4.78, 5) is 25.3. The van der Waals surface area contributed by atoms with Crippen molar-refractivity contribution in [2.45, 2.75) is 25.9 Å². The molecule has 3 aromatic rings. The molecule has 1 amide bonds. The Morgan fingerprint density at radius 3 is 2.76 bits per heavy atom. The molecule has 4 heterocycles. The molecule has 128 valence electrons. The first kappa shape index (κ1) is 15.7. The molecule has 25 heavy (non-hydrogen) atoms. The summed E-state index contributed by atoms with van der Waals surface area (Å²) < 4.78 is 7.40. The quantitative estimate of drug-likeness (QED) is 0.794. The zero-order valence-corrected chi connectivity index (χ0v) is 14.2. The van der Waals surface area contributed by atoms with Crippen LogP contribution in [0.25, 0.3) is 22.2 Å². The Morgan fingerprint density at radius 2 is 2.04 bits per heavy atom. The van der Waals surface area contributed by atoms with Crippen molar-refractivity contribution in [1.29, 1.82) is 0 Å². The number of fused-ring (bicyclic) bond motifs is 1. The van der Waals surface area contributed by atoms with Gasteiger partial charge in [0, 0.05) is 31.4 Å². The molecule has 0 radical (unpaired) electrons. The van der Waals surface area contributed by atoms with E-state index in [1.807, 2.05) is 36.9 Å². The molecule has 1 saturated heterocycles. The number of imidazole rings is 1. The second kappa shape index (κ2) is 6.25. The monoisotopic (exact) mass is 337 g/mol. The van der Waals surface area contributed by atoms with Gasteiger partial charge in [-0.15, -0.1) is 0 Å². The zero-order valence-electron chi connectivity index (χ0n) is 14.2. The topological polar surface area (TPSA) is 81.9 Å². The van der Waals surface area contributed by atoms with Gasteiger partial charge >= 0.3 is 0 Å². The summed E-state index contributed by atoms with van der Waals surface area (Å²) in [5.41, 5.74) is 1.78. The van der Waals surface area contributed by atoms with E-state index in [0.717, 1.165) is 40.8 Å². The molecule has 0 saturated carbocycles. The van der Waals surface area contributed by atoms with Crippen LogP contribution in [0.4, 0.5) is 5.82 Å². The van der Waals surface area contributed by atoms with E-state index in [1.165, 1.54) is 0 Å². The molecular formula is C18H19N5O2. The van der Waals surface area contributed by atoms with Crippen LogP contribution in [0.3, 0.4) is 0 Å². The SMILES string of the molecule is Cc1ncc(-c2cc3cc(NC(=O)C4CCCO4)ncc3cn2)n1C. The van der Waals surface area contributed by atoms with Crippen LogP contribution >= 0.6 is 0 Å². The van der Waals surface area contributed by atoms with Crippen molar-refractivity contribution < 1.29 is 9.53 Å². The summed E-state index contributed by atoms with van der Waals surface area (Å²) >= 11 is 0. The lowest BCUT2D eigenvalue weighted by Gasteiger charge is -2.10. The van der Waals surface area contributed by atoms with Crippen molar-refractivity contribution >= 4 is 22.5 Å². The minimum Gasteiger partial charge on any atom is -0.368 e. The number of carbonyl (C=O) groups excluding carboxylic acids is 1. The number of amides is 1. The van der Waals surface area contributed by atoms with Gasteiger partial charge in [-0.1, -0.05) is 0 Å². The lowest BCUT2D eigenvalue weighted by Crippen LogP contribution is -2.27. The van der Waals surface area contributed by atoms with Gasteiger partial charge in [0.1, 0.15) is 17.7 Å². The van der Waals surface area contributed by atoms with Crippen LogP contribution in [0.5, 0.6) is 0 Å². The summed E-state index contributed by atoms with van der Waals surface area (Å²) in [5, 5.41) is 4.71. The highest BCUT2D eigenvalue weighted by atomic mass is 16.5. The normalized spacial score (nSPS) is 17.1. The van der Waals surface area contributed by atoms with Crippen molar-refractivity contribution in [3.05, 3.63) is 36.5 Å². The van der Waals surface area contributed by atoms with Crippen LogP contribution in [-0.2, 0) is 16.6 Å². The van der Waals surface area contributed by atoms with Crippen molar-refractivity contribution in [3.8, 4) is 11.4 Å². The molecule has 1 unspecified atom stereocenters. The fourth-order valence-corrected chi connectivity index (χ4v) is 2.98. The number of nitrogens with zero attached hydrogens (tertiary/aromatic N) is 4. The minimum absolute atomic E-state index is 0.138. The molecule has 3 aromatic heterocycles. The van der Waals surface area contributed by atoms with Crippen LogP contribution in [-0.4, -0.2) is 38.1 Å². The first-order chi connectivity index (χ1) is 12.1. The van der Waals surface area contributed by atoms with Gasteiger partial charge in [-0.2, -0.15) is 0 Å². The van der Waals surface area contributed by atoms with E-state index in [4.69, 9.17) is 4.74 Å². The van der Waals surface area contributed by atoms with Gasteiger partial charge in [-0.25, -0.2) is 9.97 Å². The molecule has 0 spiro atoms. The van der Waals surface area contributed by atoms with Crippen molar-refractivity contribution in [1.82, 2.24) is 19.5 Å². The lowest BCUT2D eigenvalue weighted by atomic mass is 10.1. The maximum absolute atomic E-state index is 12.2. The third kappa shape index (κ3) is 2.98. The van der Waals surface area contributed by atoms with Gasteiger partial charge in [0.05, 0.1) is 17.6 Å². The fourth-order valence-electron chi connectivity index (χ4n) is 2.98. The van der Waals surface area contributed by atoms with Crippen molar-refractivity contribution in [3.63, 3.8) is 0 Å². The Hall–Kier alpha value is -2.80. The predicted molar refractivity (Wildman–Crippen MR) is 94.1 cm³/mol. The molecule has 1 N–H and O–H groups in total. The van der Waals surface area contributed by atoms with E-state index in [9.17, 15) is 4.79 Å². The van der Waals surface area contributed by atoms with E-state index < -0.39 is 0 Å². The Kier molecular flexibility index (Phi) is 3.93. The van der Waals surface area contributed by atoms with Crippen molar-refractivity contribution in [2.24, 2.45) is 7.05 Å². The number of carbonyl (C=O) groups is 1. The smallest absolute Gasteiger partial charge is 0.254 e. The van der Waals surface area contributed by atoms with Crippen LogP contribution in [0.15, 0.2) is 30.7 Å². The number of aryl methyl sites for hydroxylation is 1. The maximum Gasteiger partial charge on any atom is 0.254 e. The van der Waals surface area contributed by atoms with Crippen molar-refractivity contribution in [2.75, 3.05) is 11.9 Å². The molecule has 7 nitrogen and oxygen atoms in total.